The second-order valence-corrected chi connectivity index (χ2v) is 5.83. The summed E-state index contributed by atoms with van der Waals surface area (Å²) in [7, 11) is 0. The SMILES string of the molecule is BrC1=CN(c2ncnc3occc23)CCS1. The van der Waals surface area contributed by atoms with Gasteiger partial charge in [-0.05, 0) is 22.0 Å². The van der Waals surface area contributed by atoms with Gasteiger partial charge in [0.1, 0.15) is 12.1 Å². The van der Waals surface area contributed by atoms with Gasteiger partial charge in [-0.3, -0.25) is 0 Å². The highest BCUT2D eigenvalue weighted by Gasteiger charge is 2.15. The molecule has 0 atom stereocenters. The summed E-state index contributed by atoms with van der Waals surface area (Å²) < 4.78 is 6.38. The van der Waals surface area contributed by atoms with Gasteiger partial charge in [0.05, 0.1) is 15.5 Å². The highest BCUT2D eigenvalue weighted by molar-refractivity contribution is 9.14. The van der Waals surface area contributed by atoms with E-state index in [9.17, 15) is 0 Å². The number of nitrogens with zero attached hydrogens (tertiary/aromatic N) is 3. The van der Waals surface area contributed by atoms with E-state index in [1.54, 1.807) is 18.0 Å². The van der Waals surface area contributed by atoms with Crippen molar-refractivity contribution >= 4 is 44.6 Å². The monoisotopic (exact) mass is 297 g/mol. The van der Waals surface area contributed by atoms with Crippen LogP contribution >= 0.6 is 27.7 Å². The first-order chi connectivity index (χ1) is 7.84. The number of halogens is 1. The van der Waals surface area contributed by atoms with E-state index in [1.807, 2.05) is 12.3 Å². The molecule has 0 fully saturated rings. The van der Waals surface area contributed by atoms with Gasteiger partial charge in [0.25, 0.3) is 0 Å². The maximum atomic E-state index is 5.26. The molecule has 6 heteroatoms. The lowest BCUT2D eigenvalue weighted by Gasteiger charge is -2.23. The van der Waals surface area contributed by atoms with Crippen LogP contribution in [0.1, 0.15) is 0 Å². The summed E-state index contributed by atoms with van der Waals surface area (Å²) in [4.78, 5) is 10.5. The van der Waals surface area contributed by atoms with Crippen LogP contribution in [0, 0.1) is 0 Å². The number of thioether (sulfide) groups is 1. The predicted octanol–water partition coefficient (Wildman–Crippen LogP) is 2.97. The maximum Gasteiger partial charge on any atom is 0.231 e. The van der Waals surface area contributed by atoms with Crippen molar-refractivity contribution in [2.75, 3.05) is 17.2 Å². The van der Waals surface area contributed by atoms with E-state index in [4.69, 9.17) is 4.42 Å². The minimum absolute atomic E-state index is 0.632. The van der Waals surface area contributed by atoms with Crippen LogP contribution in [-0.2, 0) is 0 Å². The second kappa shape index (κ2) is 4.10. The van der Waals surface area contributed by atoms with Crippen LogP contribution < -0.4 is 4.90 Å². The van der Waals surface area contributed by atoms with E-state index < -0.39 is 0 Å². The Kier molecular flexibility index (Phi) is 2.61. The smallest absolute Gasteiger partial charge is 0.231 e. The number of hydrogen-bond acceptors (Lipinski definition) is 5. The zero-order chi connectivity index (χ0) is 11.0. The van der Waals surface area contributed by atoms with E-state index in [0.29, 0.717) is 5.71 Å². The topological polar surface area (TPSA) is 42.2 Å². The quantitative estimate of drug-likeness (QED) is 0.809. The van der Waals surface area contributed by atoms with Crippen molar-refractivity contribution in [3.63, 3.8) is 0 Å². The molecule has 0 aromatic carbocycles. The average Bonchev–Trinajstić information content (AvgIpc) is 2.76. The lowest BCUT2D eigenvalue weighted by molar-refractivity contribution is 0.602. The molecular weight excluding hydrogens is 290 g/mol. The summed E-state index contributed by atoms with van der Waals surface area (Å²) in [5, 5.41) is 0.950. The Hall–Kier alpha value is -1.01. The van der Waals surface area contributed by atoms with Gasteiger partial charge in [-0.15, -0.1) is 11.8 Å². The minimum atomic E-state index is 0.632. The van der Waals surface area contributed by atoms with Crippen molar-refractivity contribution < 1.29 is 4.42 Å². The Morgan fingerprint density at radius 2 is 2.38 bits per heavy atom. The molecule has 0 N–H and O–H groups in total. The van der Waals surface area contributed by atoms with Gasteiger partial charge in [0.2, 0.25) is 5.71 Å². The second-order valence-electron chi connectivity index (χ2n) is 3.31. The third-order valence-electron chi connectivity index (χ3n) is 2.34. The molecule has 1 aliphatic heterocycles. The highest BCUT2D eigenvalue weighted by Crippen LogP contribution is 2.31. The number of anilines is 1. The predicted molar refractivity (Wildman–Crippen MR) is 68.6 cm³/mol. The summed E-state index contributed by atoms with van der Waals surface area (Å²) in [6.45, 7) is 0.942. The van der Waals surface area contributed by atoms with Crippen molar-refractivity contribution in [3.8, 4) is 0 Å². The summed E-state index contributed by atoms with van der Waals surface area (Å²) >= 11 is 5.29. The van der Waals surface area contributed by atoms with Crippen molar-refractivity contribution in [3.05, 3.63) is 28.7 Å². The summed E-state index contributed by atoms with van der Waals surface area (Å²) in [6.07, 6.45) is 5.22. The molecule has 0 aliphatic carbocycles. The Bertz CT molecular complexity index is 554. The molecule has 0 saturated heterocycles. The Labute approximate surface area is 105 Å². The third-order valence-corrected chi connectivity index (χ3v) is 4.00. The van der Waals surface area contributed by atoms with Crippen molar-refractivity contribution in [2.45, 2.75) is 0 Å². The zero-order valence-corrected chi connectivity index (χ0v) is 10.7. The van der Waals surface area contributed by atoms with Gasteiger partial charge >= 0.3 is 0 Å². The molecule has 3 rings (SSSR count). The average molecular weight is 298 g/mol. The van der Waals surface area contributed by atoms with Crippen LogP contribution in [0.4, 0.5) is 5.82 Å². The number of aromatic nitrogens is 2. The fourth-order valence-electron chi connectivity index (χ4n) is 1.64. The molecule has 0 spiro atoms. The third kappa shape index (κ3) is 1.72. The fourth-order valence-corrected chi connectivity index (χ4v) is 3.06. The lowest BCUT2D eigenvalue weighted by Crippen LogP contribution is -2.23. The molecular formula is C10H8BrN3OS. The largest absolute Gasteiger partial charge is 0.446 e. The van der Waals surface area contributed by atoms with Gasteiger partial charge in [0, 0.05) is 18.5 Å². The van der Waals surface area contributed by atoms with Crippen LogP contribution in [0.5, 0.6) is 0 Å². The first-order valence-electron chi connectivity index (χ1n) is 4.79. The van der Waals surface area contributed by atoms with Gasteiger partial charge in [-0.2, -0.15) is 0 Å². The summed E-state index contributed by atoms with van der Waals surface area (Å²) in [5.41, 5.74) is 0.632. The first-order valence-corrected chi connectivity index (χ1v) is 6.57. The van der Waals surface area contributed by atoms with Gasteiger partial charge in [0.15, 0.2) is 0 Å². The van der Waals surface area contributed by atoms with Crippen LogP contribution in [-0.4, -0.2) is 22.3 Å². The van der Waals surface area contributed by atoms with Crippen LogP contribution in [0.2, 0.25) is 0 Å². The Balaban J connectivity index is 2.11. The van der Waals surface area contributed by atoms with Gasteiger partial charge < -0.3 is 9.32 Å². The zero-order valence-electron chi connectivity index (χ0n) is 8.26. The molecule has 82 valence electrons. The Morgan fingerprint density at radius 3 is 3.25 bits per heavy atom. The molecule has 2 aromatic heterocycles. The van der Waals surface area contributed by atoms with Crippen LogP contribution in [0.15, 0.2) is 33.1 Å². The number of fused-ring (bicyclic) bond motifs is 1. The molecule has 0 bridgehead atoms. The van der Waals surface area contributed by atoms with Crippen LogP contribution in [0.25, 0.3) is 11.1 Å². The van der Waals surface area contributed by atoms with E-state index in [2.05, 4.69) is 30.8 Å². The summed E-state index contributed by atoms with van der Waals surface area (Å²) in [5.74, 6) is 1.94. The van der Waals surface area contributed by atoms with Crippen LogP contribution in [0.3, 0.4) is 0 Å². The van der Waals surface area contributed by atoms with Crippen molar-refractivity contribution in [1.29, 1.82) is 0 Å². The molecule has 0 radical (unpaired) electrons. The molecule has 4 nitrogen and oxygen atoms in total. The van der Waals surface area contributed by atoms with E-state index in [0.717, 1.165) is 27.3 Å². The number of rotatable bonds is 1. The molecule has 0 unspecified atom stereocenters. The molecule has 0 saturated carbocycles. The normalized spacial score (nSPS) is 16.6. The molecule has 16 heavy (non-hydrogen) atoms. The number of furan rings is 1. The molecule has 1 aliphatic rings. The van der Waals surface area contributed by atoms with E-state index in [-0.39, 0.29) is 0 Å². The van der Waals surface area contributed by atoms with E-state index >= 15 is 0 Å². The number of hydrogen-bond donors (Lipinski definition) is 0. The molecule has 0 amide bonds. The Morgan fingerprint density at radius 1 is 1.44 bits per heavy atom. The first kappa shape index (κ1) is 10.2. The van der Waals surface area contributed by atoms with Gasteiger partial charge in [-0.1, -0.05) is 0 Å². The molecule has 2 aromatic rings. The molecule has 3 heterocycles. The standard InChI is InChI=1S/C10H8BrN3OS/c11-8-5-14(2-4-16-8)9-7-1-3-15-10(7)13-6-12-9/h1,3,5-6H,2,4H2. The van der Waals surface area contributed by atoms with Gasteiger partial charge in [-0.25, -0.2) is 9.97 Å². The van der Waals surface area contributed by atoms with Crippen molar-refractivity contribution in [1.82, 2.24) is 9.97 Å². The highest BCUT2D eigenvalue weighted by atomic mass is 79.9. The summed E-state index contributed by atoms with van der Waals surface area (Å²) in [6, 6.07) is 1.90. The van der Waals surface area contributed by atoms with Crippen molar-refractivity contribution in [2.24, 2.45) is 0 Å². The van der Waals surface area contributed by atoms with E-state index in [1.165, 1.54) is 6.33 Å². The fraction of sp³-hybridized carbons (Fsp3) is 0.200. The minimum Gasteiger partial charge on any atom is -0.446 e. The lowest BCUT2D eigenvalue weighted by atomic mass is 10.3. The maximum absolute atomic E-state index is 5.26.